The van der Waals surface area contributed by atoms with Crippen molar-refractivity contribution in [3.63, 3.8) is 0 Å². The molecule has 4 nitrogen and oxygen atoms in total. The fourth-order valence-electron chi connectivity index (χ4n) is 1.40. The molecule has 2 rings (SSSR count). The van der Waals surface area contributed by atoms with Crippen LogP contribution >= 0.6 is 0 Å². The highest BCUT2D eigenvalue weighted by atomic mass is 19.3. The van der Waals surface area contributed by atoms with Gasteiger partial charge in [0, 0.05) is 11.1 Å². The molecule has 2 aromatic rings. The zero-order valence-corrected chi connectivity index (χ0v) is 8.52. The first-order chi connectivity index (χ1) is 8.08. The number of carbonyl (C=O) groups is 1. The minimum absolute atomic E-state index is 0.0811. The molecule has 1 heterocycles. The number of aromatic carboxylic acids is 1. The molecule has 0 radical (unpaired) electrons. The molecule has 0 fully saturated rings. The van der Waals surface area contributed by atoms with E-state index in [1.165, 1.54) is 18.2 Å². The van der Waals surface area contributed by atoms with Crippen LogP contribution in [0.1, 0.15) is 22.5 Å². The molecule has 0 amide bonds. The third-order valence-corrected chi connectivity index (χ3v) is 2.22. The molecule has 0 saturated carbocycles. The molecule has 6 heteroatoms. The summed E-state index contributed by atoms with van der Waals surface area (Å²) in [6.45, 7) is 0. The number of aromatic amines is 1. The van der Waals surface area contributed by atoms with Crippen molar-refractivity contribution >= 4 is 5.97 Å². The van der Waals surface area contributed by atoms with Gasteiger partial charge in [-0.05, 0) is 6.07 Å². The van der Waals surface area contributed by atoms with Crippen molar-refractivity contribution in [2.45, 2.75) is 6.43 Å². The first-order valence-electron chi connectivity index (χ1n) is 4.74. The van der Waals surface area contributed by atoms with Crippen molar-refractivity contribution in [3.05, 3.63) is 41.7 Å². The average Bonchev–Trinajstić information content (AvgIpc) is 2.78. The Hall–Kier alpha value is -2.24. The highest BCUT2D eigenvalue weighted by molar-refractivity contribution is 5.85. The smallest absolute Gasteiger partial charge is 0.353 e. The molecule has 0 aliphatic heterocycles. The molecule has 0 spiro atoms. The maximum atomic E-state index is 12.5. The van der Waals surface area contributed by atoms with Crippen LogP contribution in [-0.2, 0) is 0 Å². The van der Waals surface area contributed by atoms with Crippen molar-refractivity contribution in [2.24, 2.45) is 0 Å². The summed E-state index contributed by atoms with van der Waals surface area (Å²) in [5.74, 6) is -0.890. The molecule has 0 aliphatic rings. The van der Waals surface area contributed by atoms with Gasteiger partial charge in [-0.2, -0.15) is 0 Å². The molecule has 0 saturated heterocycles. The predicted molar refractivity (Wildman–Crippen MR) is 55.9 cm³/mol. The van der Waals surface area contributed by atoms with Crippen LogP contribution in [0.4, 0.5) is 8.78 Å². The van der Waals surface area contributed by atoms with Gasteiger partial charge >= 0.3 is 5.97 Å². The highest BCUT2D eigenvalue weighted by Gasteiger charge is 2.11. The SMILES string of the molecule is O=C(O)c1cnc(-c2cccc(C(F)F)c2)[nH]1. The first-order valence-corrected chi connectivity index (χ1v) is 4.74. The Bertz CT molecular complexity index is 552. The van der Waals surface area contributed by atoms with Crippen LogP contribution in [-0.4, -0.2) is 21.0 Å². The van der Waals surface area contributed by atoms with Gasteiger partial charge in [-0.1, -0.05) is 18.2 Å². The summed E-state index contributed by atoms with van der Waals surface area (Å²) in [7, 11) is 0. The lowest BCUT2D eigenvalue weighted by Crippen LogP contribution is -1.95. The number of imidazole rings is 1. The van der Waals surface area contributed by atoms with Crippen LogP contribution in [0.5, 0.6) is 0 Å². The highest BCUT2D eigenvalue weighted by Crippen LogP contribution is 2.23. The Labute approximate surface area is 94.9 Å². The number of hydrogen-bond acceptors (Lipinski definition) is 2. The topological polar surface area (TPSA) is 66.0 Å². The van der Waals surface area contributed by atoms with Crippen LogP contribution < -0.4 is 0 Å². The van der Waals surface area contributed by atoms with Crippen molar-refractivity contribution in [1.82, 2.24) is 9.97 Å². The van der Waals surface area contributed by atoms with Crippen LogP contribution in [0.15, 0.2) is 30.5 Å². The van der Waals surface area contributed by atoms with Crippen molar-refractivity contribution < 1.29 is 18.7 Å². The van der Waals surface area contributed by atoms with E-state index in [0.29, 0.717) is 5.56 Å². The van der Waals surface area contributed by atoms with Gasteiger partial charge < -0.3 is 10.1 Å². The molecule has 0 aliphatic carbocycles. The molecule has 2 N–H and O–H groups in total. The van der Waals surface area contributed by atoms with E-state index in [-0.39, 0.29) is 17.1 Å². The Balaban J connectivity index is 2.38. The van der Waals surface area contributed by atoms with E-state index in [4.69, 9.17) is 5.11 Å². The Morgan fingerprint density at radius 3 is 2.76 bits per heavy atom. The Morgan fingerprint density at radius 2 is 2.18 bits per heavy atom. The fourth-order valence-corrected chi connectivity index (χ4v) is 1.40. The number of benzene rings is 1. The maximum Gasteiger partial charge on any atom is 0.353 e. The minimum atomic E-state index is -2.57. The van der Waals surface area contributed by atoms with E-state index in [1.807, 2.05) is 0 Å². The van der Waals surface area contributed by atoms with Gasteiger partial charge in [0.15, 0.2) is 0 Å². The predicted octanol–water partition coefficient (Wildman–Crippen LogP) is 2.71. The van der Waals surface area contributed by atoms with Crippen molar-refractivity contribution in [2.75, 3.05) is 0 Å². The van der Waals surface area contributed by atoms with Crippen LogP contribution in [0.2, 0.25) is 0 Å². The van der Waals surface area contributed by atoms with E-state index in [2.05, 4.69) is 9.97 Å². The standard InChI is InChI=1S/C11H8F2N2O2/c12-9(13)6-2-1-3-7(4-6)10-14-5-8(15-10)11(16)17/h1-5,9H,(H,14,15)(H,16,17). The number of alkyl halides is 2. The molecule has 1 aromatic heterocycles. The molecule has 0 bridgehead atoms. The zero-order chi connectivity index (χ0) is 12.4. The number of carboxylic acids is 1. The fraction of sp³-hybridized carbons (Fsp3) is 0.0909. The normalized spacial score (nSPS) is 10.8. The number of nitrogens with one attached hydrogen (secondary N) is 1. The molecular formula is C11H8F2N2O2. The van der Waals surface area contributed by atoms with Crippen LogP contribution in [0.25, 0.3) is 11.4 Å². The second-order valence-electron chi connectivity index (χ2n) is 3.38. The average molecular weight is 238 g/mol. The summed E-state index contributed by atoms with van der Waals surface area (Å²) >= 11 is 0. The minimum Gasteiger partial charge on any atom is -0.477 e. The summed E-state index contributed by atoms with van der Waals surface area (Å²) in [6.07, 6.45) is -1.42. The van der Waals surface area contributed by atoms with Crippen LogP contribution in [0, 0.1) is 0 Å². The van der Waals surface area contributed by atoms with Gasteiger partial charge in [0.25, 0.3) is 6.43 Å². The van der Waals surface area contributed by atoms with E-state index in [0.717, 1.165) is 6.20 Å². The maximum absolute atomic E-state index is 12.5. The second-order valence-corrected chi connectivity index (χ2v) is 3.38. The number of hydrogen-bond donors (Lipinski definition) is 2. The molecular weight excluding hydrogens is 230 g/mol. The number of H-pyrrole nitrogens is 1. The summed E-state index contributed by atoms with van der Waals surface area (Å²) in [5.41, 5.74) is 0.216. The largest absolute Gasteiger partial charge is 0.477 e. The number of halogens is 2. The summed E-state index contributed by atoms with van der Waals surface area (Å²) < 4.78 is 24.9. The number of nitrogens with zero attached hydrogens (tertiary/aromatic N) is 1. The lowest BCUT2D eigenvalue weighted by atomic mass is 10.1. The van der Waals surface area contributed by atoms with Gasteiger partial charge in [0.05, 0.1) is 6.20 Å². The zero-order valence-electron chi connectivity index (χ0n) is 8.52. The second kappa shape index (κ2) is 4.32. The number of rotatable bonds is 3. The lowest BCUT2D eigenvalue weighted by molar-refractivity contribution is 0.0691. The number of aromatic nitrogens is 2. The molecule has 88 valence electrons. The Kier molecular flexibility index (Phi) is 2.86. The van der Waals surface area contributed by atoms with Gasteiger partial charge in [0.1, 0.15) is 11.5 Å². The van der Waals surface area contributed by atoms with Crippen molar-refractivity contribution in [1.29, 1.82) is 0 Å². The molecule has 17 heavy (non-hydrogen) atoms. The molecule has 0 unspecified atom stereocenters. The Morgan fingerprint density at radius 1 is 1.41 bits per heavy atom. The summed E-state index contributed by atoms with van der Waals surface area (Å²) in [6, 6.07) is 5.63. The van der Waals surface area contributed by atoms with Gasteiger partial charge in [-0.15, -0.1) is 0 Å². The van der Waals surface area contributed by atoms with E-state index >= 15 is 0 Å². The van der Waals surface area contributed by atoms with E-state index in [1.54, 1.807) is 6.07 Å². The van der Waals surface area contributed by atoms with E-state index in [9.17, 15) is 13.6 Å². The lowest BCUT2D eigenvalue weighted by Gasteiger charge is -2.01. The third kappa shape index (κ3) is 2.30. The molecule has 0 atom stereocenters. The quantitative estimate of drug-likeness (QED) is 0.863. The van der Waals surface area contributed by atoms with Gasteiger partial charge in [-0.3, -0.25) is 0 Å². The number of carboxylic acid groups (broad SMARTS) is 1. The van der Waals surface area contributed by atoms with Crippen molar-refractivity contribution in [3.8, 4) is 11.4 Å². The first kappa shape index (κ1) is 11.3. The summed E-state index contributed by atoms with van der Waals surface area (Å²) in [5, 5.41) is 8.70. The van der Waals surface area contributed by atoms with Gasteiger partial charge in [0.2, 0.25) is 0 Å². The third-order valence-electron chi connectivity index (χ3n) is 2.22. The molecule has 1 aromatic carbocycles. The van der Waals surface area contributed by atoms with Gasteiger partial charge in [-0.25, -0.2) is 18.6 Å². The summed E-state index contributed by atoms with van der Waals surface area (Å²) in [4.78, 5) is 17.0. The van der Waals surface area contributed by atoms with Crippen LogP contribution in [0.3, 0.4) is 0 Å². The van der Waals surface area contributed by atoms with E-state index < -0.39 is 12.4 Å². The monoisotopic (exact) mass is 238 g/mol.